The van der Waals surface area contributed by atoms with Crippen LogP contribution in [-0.4, -0.2) is 30.8 Å². The third-order valence-corrected chi connectivity index (χ3v) is 5.50. The molecule has 0 fully saturated rings. The van der Waals surface area contributed by atoms with Crippen molar-refractivity contribution in [2.45, 2.75) is 0 Å². The van der Waals surface area contributed by atoms with Gasteiger partial charge in [0.15, 0.2) is 0 Å². The maximum absolute atomic E-state index is 6.22. The predicted molar refractivity (Wildman–Crippen MR) is 123 cm³/mol. The molecule has 0 spiro atoms. The fourth-order valence-electron chi connectivity index (χ4n) is 3.33. The van der Waals surface area contributed by atoms with Crippen molar-refractivity contribution in [1.82, 2.24) is 4.98 Å². The summed E-state index contributed by atoms with van der Waals surface area (Å²) < 4.78 is 1.05. The monoisotopic (exact) mass is 451 g/mol. The number of nitrogens with zero attached hydrogens (tertiary/aromatic N) is 3. The summed E-state index contributed by atoms with van der Waals surface area (Å²) in [6.07, 6.45) is 7.87. The van der Waals surface area contributed by atoms with Crippen molar-refractivity contribution in [2.24, 2.45) is 4.99 Å². The summed E-state index contributed by atoms with van der Waals surface area (Å²) in [5, 5.41) is 0.736. The number of pyridine rings is 1. The van der Waals surface area contributed by atoms with E-state index >= 15 is 0 Å². The van der Waals surface area contributed by atoms with Crippen LogP contribution in [-0.2, 0) is 0 Å². The van der Waals surface area contributed by atoms with E-state index in [1.807, 2.05) is 48.8 Å². The summed E-state index contributed by atoms with van der Waals surface area (Å²) in [7, 11) is 2.07. The summed E-state index contributed by atoms with van der Waals surface area (Å²) in [5.74, 6) is 0. The van der Waals surface area contributed by atoms with Crippen LogP contribution in [0.1, 0.15) is 11.1 Å². The Morgan fingerprint density at radius 3 is 2.82 bits per heavy atom. The minimum atomic E-state index is 0.736. The van der Waals surface area contributed by atoms with E-state index in [0.717, 1.165) is 56.2 Å². The Kier molecular flexibility index (Phi) is 5.60. The van der Waals surface area contributed by atoms with Crippen LogP contribution in [0.2, 0.25) is 5.02 Å². The number of allylic oxidation sites excluding steroid dienone is 1. The maximum Gasteiger partial charge on any atom is 0.0668 e. The number of hydrogen-bond acceptors (Lipinski definition) is 3. The summed E-state index contributed by atoms with van der Waals surface area (Å²) in [6, 6.07) is 16.3. The summed E-state index contributed by atoms with van der Waals surface area (Å²) in [5.41, 5.74) is 6.48. The maximum atomic E-state index is 6.22. The SMILES string of the molecule is CN1CCN=C(/C=C/c2cnccc2-c2cccc(Br)c2)c2ccc(Cl)cc21. The second-order valence-electron chi connectivity index (χ2n) is 6.66. The van der Waals surface area contributed by atoms with Crippen LogP contribution in [0.15, 0.2) is 76.5 Å². The van der Waals surface area contributed by atoms with Gasteiger partial charge in [0.2, 0.25) is 0 Å². The lowest BCUT2D eigenvalue weighted by atomic mass is 10.0. The van der Waals surface area contributed by atoms with Crippen molar-refractivity contribution in [2.75, 3.05) is 25.0 Å². The van der Waals surface area contributed by atoms with Crippen LogP contribution in [0.4, 0.5) is 5.69 Å². The molecule has 1 aliphatic heterocycles. The predicted octanol–water partition coefficient (Wildman–Crippen LogP) is 6.12. The van der Waals surface area contributed by atoms with Crippen molar-refractivity contribution in [3.8, 4) is 11.1 Å². The number of rotatable bonds is 3. The van der Waals surface area contributed by atoms with Crippen molar-refractivity contribution in [1.29, 1.82) is 0 Å². The van der Waals surface area contributed by atoms with Gasteiger partial charge in [-0.15, -0.1) is 0 Å². The summed E-state index contributed by atoms with van der Waals surface area (Å²) in [6.45, 7) is 1.61. The van der Waals surface area contributed by atoms with Gasteiger partial charge in [-0.3, -0.25) is 9.98 Å². The fraction of sp³-hybridized carbons (Fsp3) is 0.130. The van der Waals surface area contributed by atoms with Crippen molar-refractivity contribution >= 4 is 45.0 Å². The van der Waals surface area contributed by atoms with E-state index in [1.165, 1.54) is 0 Å². The molecule has 0 saturated carbocycles. The van der Waals surface area contributed by atoms with E-state index in [2.05, 4.69) is 57.1 Å². The second kappa shape index (κ2) is 8.29. The molecule has 0 amide bonds. The number of anilines is 1. The Balaban J connectivity index is 1.73. The van der Waals surface area contributed by atoms with E-state index in [9.17, 15) is 0 Å². The van der Waals surface area contributed by atoms with Crippen LogP contribution >= 0.6 is 27.5 Å². The molecule has 2 heterocycles. The van der Waals surface area contributed by atoms with Gasteiger partial charge in [-0.25, -0.2) is 0 Å². The molecule has 0 unspecified atom stereocenters. The molecule has 0 N–H and O–H groups in total. The zero-order valence-electron chi connectivity index (χ0n) is 15.4. The molecule has 1 aliphatic rings. The molecule has 140 valence electrons. The fourth-order valence-corrected chi connectivity index (χ4v) is 3.90. The highest BCUT2D eigenvalue weighted by Gasteiger charge is 2.15. The lowest BCUT2D eigenvalue weighted by Crippen LogP contribution is -2.20. The minimum absolute atomic E-state index is 0.736. The molecule has 0 aliphatic carbocycles. The minimum Gasteiger partial charge on any atom is -0.372 e. The average molecular weight is 453 g/mol. The largest absolute Gasteiger partial charge is 0.372 e. The Hall–Kier alpha value is -2.43. The van der Waals surface area contributed by atoms with E-state index in [-0.39, 0.29) is 0 Å². The molecule has 2 aromatic carbocycles. The summed E-state index contributed by atoms with van der Waals surface area (Å²) >= 11 is 9.78. The van der Waals surface area contributed by atoms with E-state index in [0.29, 0.717) is 0 Å². The molecule has 0 radical (unpaired) electrons. The van der Waals surface area contributed by atoms with Crippen LogP contribution in [0.5, 0.6) is 0 Å². The molecular weight excluding hydrogens is 434 g/mol. The van der Waals surface area contributed by atoms with Crippen molar-refractivity contribution in [3.63, 3.8) is 0 Å². The lowest BCUT2D eigenvalue weighted by Gasteiger charge is -2.19. The molecule has 3 nitrogen and oxygen atoms in total. The van der Waals surface area contributed by atoms with E-state index < -0.39 is 0 Å². The van der Waals surface area contributed by atoms with Gasteiger partial charge in [0.05, 0.1) is 12.3 Å². The van der Waals surface area contributed by atoms with Gasteiger partial charge in [0.1, 0.15) is 0 Å². The smallest absolute Gasteiger partial charge is 0.0668 e. The van der Waals surface area contributed by atoms with Gasteiger partial charge in [-0.05, 0) is 53.6 Å². The quantitative estimate of drug-likeness (QED) is 0.479. The Labute approximate surface area is 178 Å². The zero-order valence-corrected chi connectivity index (χ0v) is 17.8. The second-order valence-corrected chi connectivity index (χ2v) is 8.01. The first kappa shape index (κ1) is 18.9. The van der Waals surface area contributed by atoms with Crippen LogP contribution in [0.25, 0.3) is 17.2 Å². The number of hydrogen-bond donors (Lipinski definition) is 0. The lowest BCUT2D eigenvalue weighted by molar-refractivity contribution is 0.897. The number of benzene rings is 2. The summed E-state index contributed by atoms with van der Waals surface area (Å²) in [4.78, 5) is 11.3. The van der Waals surface area contributed by atoms with Crippen molar-refractivity contribution in [3.05, 3.63) is 87.6 Å². The molecule has 4 rings (SSSR count). The molecule has 3 aromatic rings. The van der Waals surface area contributed by atoms with E-state index in [4.69, 9.17) is 16.6 Å². The first-order valence-electron chi connectivity index (χ1n) is 9.05. The number of fused-ring (bicyclic) bond motifs is 1. The Morgan fingerprint density at radius 1 is 1.07 bits per heavy atom. The molecule has 0 atom stereocenters. The molecule has 28 heavy (non-hydrogen) atoms. The van der Waals surface area contributed by atoms with Gasteiger partial charge in [0.25, 0.3) is 0 Å². The van der Waals surface area contributed by atoms with Gasteiger partial charge in [0, 0.05) is 52.3 Å². The third kappa shape index (κ3) is 4.03. The first-order valence-corrected chi connectivity index (χ1v) is 10.2. The van der Waals surface area contributed by atoms with Gasteiger partial charge < -0.3 is 4.90 Å². The van der Waals surface area contributed by atoms with Gasteiger partial charge in [-0.1, -0.05) is 45.7 Å². The molecule has 1 aromatic heterocycles. The third-order valence-electron chi connectivity index (χ3n) is 4.77. The van der Waals surface area contributed by atoms with Crippen LogP contribution < -0.4 is 4.90 Å². The highest BCUT2D eigenvalue weighted by atomic mass is 79.9. The Bertz CT molecular complexity index is 1070. The number of benzodiazepines with no additional fused rings is 1. The standard InChI is InChI=1S/C23H19BrClN3/c1-28-12-11-27-22(21-7-6-19(25)14-23(21)28)8-5-17-15-26-10-9-20(17)16-3-2-4-18(24)13-16/h2-10,13-15H,11-12H2,1H3/b8-5+. The number of likely N-dealkylation sites (N-methyl/N-ethyl adjacent to an activating group) is 1. The number of aliphatic imine (C=N–C) groups is 1. The molecule has 5 heteroatoms. The van der Waals surface area contributed by atoms with Crippen LogP contribution in [0.3, 0.4) is 0 Å². The normalized spacial score (nSPS) is 14.0. The van der Waals surface area contributed by atoms with Gasteiger partial charge >= 0.3 is 0 Å². The molecule has 0 bridgehead atoms. The highest BCUT2D eigenvalue weighted by Crippen LogP contribution is 2.29. The van der Waals surface area contributed by atoms with Crippen LogP contribution in [0, 0.1) is 0 Å². The zero-order chi connectivity index (χ0) is 19.5. The van der Waals surface area contributed by atoms with Gasteiger partial charge in [-0.2, -0.15) is 0 Å². The Morgan fingerprint density at radius 2 is 1.96 bits per heavy atom. The molecular formula is C23H19BrClN3. The first-order chi connectivity index (χ1) is 13.6. The number of halogens is 2. The average Bonchev–Trinajstić information content (AvgIpc) is 2.85. The highest BCUT2D eigenvalue weighted by molar-refractivity contribution is 9.10. The van der Waals surface area contributed by atoms with Crippen molar-refractivity contribution < 1.29 is 0 Å². The number of aromatic nitrogens is 1. The van der Waals surface area contributed by atoms with E-state index in [1.54, 1.807) is 0 Å². The molecule has 0 saturated heterocycles. The topological polar surface area (TPSA) is 28.5 Å².